The highest BCUT2D eigenvalue weighted by atomic mass is 35.5. The Morgan fingerprint density at radius 1 is 0.706 bits per heavy atom. The Kier molecular flexibility index (Phi) is 7.75. The summed E-state index contributed by atoms with van der Waals surface area (Å²) in [5, 5.41) is 26.0. The number of halogens is 1. The predicted octanol–water partition coefficient (Wildman–Crippen LogP) is 6.06. The van der Waals surface area contributed by atoms with Gasteiger partial charge >= 0.3 is 0 Å². The fourth-order valence-electron chi connectivity index (χ4n) is 4.28. The van der Waals surface area contributed by atoms with Crippen LogP contribution in [-0.2, 0) is 0 Å². The molecule has 2 heterocycles. The molecule has 2 aliphatic rings. The molecule has 0 saturated carbocycles. The lowest BCUT2D eigenvalue weighted by Crippen LogP contribution is -2.02. The maximum absolute atomic E-state index is 9.92. The Labute approximate surface area is 204 Å². The molecule has 0 unspecified atom stereocenters. The molecule has 176 valence electrons. The first-order chi connectivity index (χ1) is 16.5. The van der Waals surface area contributed by atoms with E-state index in [2.05, 4.69) is 32.5 Å². The van der Waals surface area contributed by atoms with Gasteiger partial charge in [0.1, 0.15) is 5.75 Å². The van der Waals surface area contributed by atoms with Crippen molar-refractivity contribution in [2.45, 2.75) is 51.4 Å². The fourth-order valence-corrected chi connectivity index (χ4v) is 4.43. The third-order valence-corrected chi connectivity index (χ3v) is 6.25. The molecule has 0 aliphatic heterocycles. The van der Waals surface area contributed by atoms with Crippen LogP contribution in [0.5, 0.6) is 5.75 Å². The van der Waals surface area contributed by atoms with Crippen molar-refractivity contribution >= 4 is 34.4 Å². The van der Waals surface area contributed by atoms with E-state index in [9.17, 15) is 5.11 Å². The van der Waals surface area contributed by atoms with Gasteiger partial charge in [0.2, 0.25) is 0 Å². The van der Waals surface area contributed by atoms with Crippen LogP contribution in [0.25, 0.3) is 22.4 Å². The summed E-state index contributed by atoms with van der Waals surface area (Å²) in [5.74, 6) is 1.13. The van der Waals surface area contributed by atoms with E-state index < -0.39 is 0 Å². The normalized spacial score (nSPS) is 15.6. The number of nitrogens with two attached hydrogens (primary N) is 2. The summed E-state index contributed by atoms with van der Waals surface area (Å²) in [7, 11) is 0. The smallest absolute Gasteiger partial charge is 0.153 e. The third-order valence-electron chi connectivity index (χ3n) is 6.07. The van der Waals surface area contributed by atoms with Gasteiger partial charge < -0.3 is 16.6 Å². The first-order valence-electron chi connectivity index (χ1n) is 11.6. The van der Waals surface area contributed by atoms with Crippen LogP contribution in [0, 0.1) is 0 Å². The number of phenolic OH excluding ortho intramolecular Hbond substituents is 1. The van der Waals surface area contributed by atoms with E-state index in [1.807, 2.05) is 18.2 Å². The lowest BCUT2D eigenvalue weighted by molar-refractivity contribution is 0.477. The Balaban J connectivity index is 0.000000172. The molecular weight excluding hydrogens is 448 g/mol. The van der Waals surface area contributed by atoms with Gasteiger partial charge in [-0.1, -0.05) is 35.9 Å². The summed E-state index contributed by atoms with van der Waals surface area (Å²) < 4.78 is 0. The van der Waals surface area contributed by atoms with Crippen LogP contribution in [0.4, 0.5) is 11.6 Å². The van der Waals surface area contributed by atoms with Crippen molar-refractivity contribution in [1.82, 2.24) is 20.4 Å². The number of hydrogen-bond acceptors (Lipinski definition) is 7. The van der Waals surface area contributed by atoms with Gasteiger partial charge in [0.25, 0.3) is 0 Å². The van der Waals surface area contributed by atoms with E-state index in [-0.39, 0.29) is 5.75 Å². The molecule has 0 atom stereocenters. The zero-order valence-corrected chi connectivity index (χ0v) is 19.8. The van der Waals surface area contributed by atoms with Crippen molar-refractivity contribution in [3.05, 3.63) is 64.8 Å². The molecule has 8 heteroatoms. The number of nitrogens with zero attached hydrogens (tertiary/aromatic N) is 4. The highest BCUT2D eigenvalue weighted by molar-refractivity contribution is 6.29. The molecular formula is C26H29ClN6O. The van der Waals surface area contributed by atoms with Crippen LogP contribution >= 0.6 is 11.6 Å². The summed E-state index contributed by atoms with van der Waals surface area (Å²) in [6, 6.07) is 10.8. The molecule has 3 aromatic rings. The van der Waals surface area contributed by atoms with Crippen LogP contribution < -0.4 is 11.5 Å². The number of aromatic hydroxyl groups is 1. The van der Waals surface area contributed by atoms with Crippen molar-refractivity contribution in [3.63, 3.8) is 0 Å². The molecule has 0 bridgehead atoms. The SMILES string of the molecule is Nc1nnc(-c2ccccc2O)cc1C1=CCCCC1.Nc1nnc(Cl)cc1C1=CCCCC1. The molecule has 0 radical (unpaired) electrons. The highest BCUT2D eigenvalue weighted by Gasteiger charge is 2.14. The van der Waals surface area contributed by atoms with Crippen LogP contribution in [0.15, 0.2) is 48.6 Å². The zero-order valence-electron chi connectivity index (χ0n) is 19.0. The second-order valence-electron chi connectivity index (χ2n) is 8.46. The van der Waals surface area contributed by atoms with Gasteiger partial charge in [-0.3, -0.25) is 0 Å². The van der Waals surface area contributed by atoms with Gasteiger partial charge in [-0.05, 0) is 86.8 Å². The molecule has 7 nitrogen and oxygen atoms in total. The van der Waals surface area contributed by atoms with Gasteiger partial charge in [0.05, 0.1) is 5.69 Å². The van der Waals surface area contributed by atoms with E-state index in [0.29, 0.717) is 28.0 Å². The first-order valence-corrected chi connectivity index (χ1v) is 12.0. The molecule has 0 spiro atoms. The number of rotatable bonds is 3. The van der Waals surface area contributed by atoms with Crippen molar-refractivity contribution in [2.24, 2.45) is 0 Å². The van der Waals surface area contributed by atoms with E-state index in [4.69, 9.17) is 23.1 Å². The quantitative estimate of drug-likeness (QED) is 0.419. The van der Waals surface area contributed by atoms with Crippen LogP contribution in [0.1, 0.15) is 62.5 Å². The highest BCUT2D eigenvalue weighted by Crippen LogP contribution is 2.34. The van der Waals surface area contributed by atoms with Crippen molar-refractivity contribution in [2.75, 3.05) is 11.5 Å². The minimum atomic E-state index is 0.204. The number of hydrogen-bond donors (Lipinski definition) is 3. The Morgan fingerprint density at radius 3 is 1.88 bits per heavy atom. The number of aromatic nitrogens is 4. The lowest BCUT2D eigenvalue weighted by Gasteiger charge is -2.15. The average Bonchev–Trinajstić information content (AvgIpc) is 2.88. The Bertz CT molecular complexity index is 1220. The zero-order chi connectivity index (χ0) is 23.9. The van der Waals surface area contributed by atoms with E-state index >= 15 is 0 Å². The van der Waals surface area contributed by atoms with Gasteiger partial charge in [-0.15, -0.1) is 20.4 Å². The van der Waals surface area contributed by atoms with Gasteiger partial charge in [-0.25, -0.2) is 0 Å². The molecule has 0 amide bonds. The molecule has 5 rings (SSSR count). The number of anilines is 2. The summed E-state index contributed by atoms with van der Waals surface area (Å²) in [4.78, 5) is 0. The molecule has 2 aromatic heterocycles. The lowest BCUT2D eigenvalue weighted by atomic mass is 9.93. The van der Waals surface area contributed by atoms with Gasteiger partial charge in [0.15, 0.2) is 16.8 Å². The summed E-state index contributed by atoms with van der Waals surface area (Å²) in [6.45, 7) is 0. The minimum Gasteiger partial charge on any atom is -0.507 e. The standard InChI is InChI=1S/C16H17N3O.C10H12ClN3/c17-16-13(11-6-2-1-3-7-11)10-14(18-19-16)12-8-4-5-9-15(12)20;11-9-6-8(10(12)14-13-9)7-4-2-1-3-5-7/h4-6,8-10,20H,1-3,7H2,(H2,17,19);4,6H,1-3,5H2,(H2,12,14). The fraction of sp³-hybridized carbons (Fsp3) is 0.308. The van der Waals surface area contributed by atoms with Gasteiger partial charge in [-0.2, -0.15) is 0 Å². The summed E-state index contributed by atoms with van der Waals surface area (Å²) in [6.07, 6.45) is 13.6. The molecule has 1 aromatic carbocycles. The maximum atomic E-state index is 9.92. The number of phenols is 1. The van der Waals surface area contributed by atoms with Crippen LogP contribution in [0.2, 0.25) is 5.15 Å². The monoisotopic (exact) mass is 476 g/mol. The van der Waals surface area contributed by atoms with Crippen LogP contribution in [0.3, 0.4) is 0 Å². The summed E-state index contributed by atoms with van der Waals surface area (Å²) >= 11 is 5.78. The number of nitrogen functional groups attached to an aromatic ring is 2. The Morgan fingerprint density at radius 2 is 1.29 bits per heavy atom. The van der Waals surface area contributed by atoms with Crippen molar-refractivity contribution in [3.8, 4) is 17.0 Å². The molecule has 2 aliphatic carbocycles. The molecule has 0 fully saturated rings. The molecule has 34 heavy (non-hydrogen) atoms. The summed E-state index contributed by atoms with van der Waals surface area (Å²) in [5.41, 5.74) is 17.4. The number of allylic oxidation sites excluding steroid dienone is 4. The number of benzene rings is 1. The van der Waals surface area contributed by atoms with E-state index in [1.54, 1.807) is 18.2 Å². The van der Waals surface area contributed by atoms with Crippen LogP contribution in [-0.4, -0.2) is 25.5 Å². The minimum absolute atomic E-state index is 0.204. The van der Waals surface area contributed by atoms with E-state index in [0.717, 1.165) is 36.8 Å². The predicted molar refractivity (Wildman–Crippen MR) is 138 cm³/mol. The first kappa shape index (κ1) is 23.7. The second-order valence-corrected chi connectivity index (χ2v) is 8.85. The van der Waals surface area contributed by atoms with Crippen molar-refractivity contribution in [1.29, 1.82) is 0 Å². The topological polar surface area (TPSA) is 124 Å². The Hall–Kier alpha value is -3.45. The molecule has 0 saturated heterocycles. The average molecular weight is 477 g/mol. The molecule has 5 N–H and O–H groups in total. The van der Waals surface area contributed by atoms with Crippen molar-refractivity contribution < 1.29 is 5.11 Å². The largest absolute Gasteiger partial charge is 0.507 e. The maximum Gasteiger partial charge on any atom is 0.153 e. The number of para-hydroxylation sites is 1. The second kappa shape index (κ2) is 11.1. The van der Waals surface area contributed by atoms with Gasteiger partial charge in [0, 0.05) is 16.7 Å². The van der Waals surface area contributed by atoms with E-state index in [1.165, 1.54) is 36.8 Å². The third kappa shape index (κ3) is 5.72.